The van der Waals surface area contributed by atoms with Crippen LogP contribution in [0.3, 0.4) is 0 Å². The van der Waals surface area contributed by atoms with Crippen LogP contribution >= 0.6 is 0 Å². The van der Waals surface area contributed by atoms with Crippen LogP contribution in [0.4, 0.5) is 0 Å². The standard InChI is InChI=1S/C10H19NO/c1-6-9(4,7-11)10(5,12)8(2)3/h8,12H,6H2,1-5H3. The molecule has 0 saturated heterocycles. The van der Waals surface area contributed by atoms with Gasteiger partial charge in [-0.3, -0.25) is 0 Å². The molecule has 0 saturated carbocycles. The first-order valence-corrected chi connectivity index (χ1v) is 4.45. The van der Waals surface area contributed by atoms with Crippen LogP contribution in [0.1, 0.15) is 41.0 Å². The summed E-state index contributed by atoms with van der Waals surface area (Å²) in [6.07, 6.45) is 0.675. The summed E-state index contributed by atoms with van der Waals surface area (Å²) in [5, 5.41) is 19.0. The molecule has 0 rings (SSSR count). The maximum atomic E-state index is 10.1. The van der Waals surface area contributed by atoms with E-state index in [4.69, 9.17) is 5.26 Å². The Bertz CT molecular complexity index is 191. The van der Waals surface area contributed by atoms with Gasteiger partial charge in [0.25, 0.3) is 0 Å². The number of aliphatic hydroxyl groups is 1. The average Bonchev–Trinajstić information content (AvgIpc) is 2.02. The second kappa shape index (κ2) is 3.45. The Morgan fingerprint density at radius 2 is 1.83 bits per heavy atom. The van der Waals surface area contributed by atoms with Crippen LogP contribution in [0.2, 0.25) is 0 Å². The second-order valence-electron chi connectivity index (χ2n) is 4.10. The lowest BCUT2D eigenvalue weighted by atomic mass is 9.68. The van der Waals surface area contributed by atoms with Gasteiger partial charge >= 0.3 is 0 Å². The Hall–Kier alpha value is -0.550. The molecule has 0 aliphatic heterocycles. The van der Waals surface area contributed by atoms with Crippen LogP contribution in [-0.4, -0.2) is 10.7 Å². The molecule has 0 spiro atoms. The zero-order chi connectivity index (χ0) is 9.99. The van der Waals surface area contributed by atoms with E-state index in [0.717, 1.165) is 0 Å². The first kappa shape index (κ1) is 11.4. The SMILES string of the molecule is CCC(C)(C#N)C(C)(O)C(C)C. The maximum Gasteiger partial charge on any atom is 0.0829 e. The molecule has 70 valence electrons. The highest BCUT2D eigenvalue weighted by Gasteiger charge is 2.44. The lowest BCUT2D eigenvalue weighted by Gasteiger charge is -2.40. The maximum absolute atomic E-state index is 10.1. The van der Waals surface area contributed by atoms with Crippen LogP contribution in [0.15, 0.2) is 0 Å². The molecule has 0 bridgehead atoms. The van der Waals surface area contributed by atoms with E-state index in [1.807, 2.05) is 27.7 Å². The molecule has 2 unspecified atom stereocenters. The smallest absolute Gasteiger partial charge is 0.0829 e. The van der Waals surface area contributed by atoms with E-state index in [9.17, 15) is 5.11 Å². The molecule has 0 amide bonds. The zero-order valence-corrected chi connectivity index (χ0v) is 8.68. The first-order chi connectivity index (χ1) is 5.31. The highest BCUT2D eigenvalue weighted by Crippen LogP contribution is 2.38. The quantitative estimate of drug-likeness (QED) is 0.704. The molecule has 0 aromatic rings. The molecule has 12 heavy (non-hydrogen) atoms. The Morgan fingerprint density at radius 3 is 1.92 bits per heavy atom. The molecular weight excluding hydrogens is 150 g/mol. The third kappa shape index (κ3) is 1.61. The fraction of sp³-hybridized carbons (Fsp3) is 0.900. The van der Waals surface area contributed by atoms with E-state index in [-0.39, 0.29) is 5.92 Å². The summed E-state index contributed by atoms with van der Waals surface area (Å²) >= 11 is 0. The van der Waals surface area contributed by atoms with Gasteiger partial charge in [0, 0.05) is 0 Å². The summed E-state index contributed by atoms with van der Waals surface area (Å²) in [5.74, 6) is 0.0992. The molecular formula is C10H19NO. The Morgan fingerprint density at radius 1 is 1.42 bits per heavy atom. The van der Waals surface area contributed by atoms with Gasteiger partial charge in [-0.1, -0.05) is 20.8 Å². The first-order valence-electron chi connectivity index (χ1n) is 4.45. The molecule has 1 N–H and O–H groups in total. The van der Waals surface area contributed by atoms with Crippen molar-refractivity contribution in [1.82, 2.24) is 0 Å². The van der Waals surface area contributed by atoms with Gasteiger partial charge in [0.2, 0.25) is 0 Å². The molecule has 2 heteroatoms. The van der Waals surface area contributed by atoms with Crippen molar-refractivity contribution < 1.29 is 5.11 Å². The van der Waals surface area contributed by atoms with Crippen molar-refractivity contribution in [2.24, 2.45) is 11.3 Å². The average molecular weight is 169 g/mol. The van der Waals surface area contributed by atoms with Crippen molar-refractivity contribution in [2.75, 3.05) is 0 Å². The predicted octanol–water partition coefficient (Wildman–Crippen LogP) is 2.33. The van der Waals surface area contributed by atoms with Gasteiger partial charge in [-0.15, -0.1) is 0 Å². The Labute approximate surface area is 75.2 Å². The summed E-state index contributed by atoms with van der Waals surface area (Å²) in [4.78, 5) is 0. The Balaban J connectivity index is 4.87. The molecule has 0 radical (unpaired) electrons. The highest BCUT2D eigenvalue weighted by atomic mass is 16.3. The highest BCUT2D eigenvalue weighted by molar-refractivity contribution is 5.07. The minimum atomic E-state index is -0.906. The lowest BCUT2D eigenvalue weighted by Crippen LogP contribution is -2.46. The Kier molecular flexibility index (Phi) is 3.29. The van der Waals surface area contributed by atoms with Crippen molar-refractivity contribution in [2.45, 2.75) is 46.6 Å². The van der Waals surface area contributed by atoms with Gasteiger partial charge in [0.1, 0.15) is 0 Å². The van der Waals surface area contributed by atoms with Crippen molar-refractivity contribution in [3.63, 3.8) is 0 Å². The molecule has 0 fully saturated rings. The molecule has 0 heterocycles. The van der Waals surface area contributed by atoms with E-state index in [1.165, 1.54) is 0 Å². The zero-order valence-electron chi connectivity index (χ0n) is 8.68. The van der Waals surface area contributed by atoms with E-state index in [0.29, 0.717) is 6.42 Å². The third-order valence-corrected chi connectivity index (χ3v) is 3.20. The topological polar surface area (TPSA) is 44.0 Å². The van der Waals surface area contributed by atoms with E-state index >= 15 is 0 Å². The fourth-order valence-electron chi connectivity index (χ4n) is 1.19. The van der Waals surface area contributed by atoms with Crippen LogP contribution < -0.4 is 0 Å². The monoisotopic (exact) mass is 169 g/mol. The van der Waals surface area contributed by atoms with Crippen LogP contribution in [0.25, 0.3) is 0 Å². The van der Waals surface area contributed by atoms with Gasteiger partial charge in [-0.2, -0.15) is 5.26 Å². The molecule has 0 aromatic carbocycles. The number of rotatable bonds is 3. The van der Waals surface area contributed by atoms with Gasteiger partial charge in [-0.05, 0) is 26.2 Å². The minimum absolute atomic E-state index is 0.0992. The van der Waals surface area contributed by atoms with Gasteiger partial charge < -0.3 is 5.11 Å². The van der Waals surface area contributed by atoms with E-state index in [2.05, 4.69) is 6.07 Å². The van der Waals surface area contributed by atoms with Crippen LogP contribution in [-0.2, 0) is 0 Å². The predicted molar refractivity (Wildman–Crippen MR) is 49.5 cm³/mol. The lowest BCUT2D eigenvalue weighted by molar-refractivity contribution is -0.0701. The summed E-state index contributed by atoms with van der Waals surface area (Å²) in [7, 11) is 0. The summed E-state index contributed by atoms with van der Waals surface area (Å²) in [6, 6.07) is 2.20. The minimum Gasteiger partial charge on any atom is -0.388 e. The molecule has 0 aliphatic rings. The molecule has 0 aliphatic carbocycles. The van der Waals surface area contributed by atoms with E-state index < -0.39 is 11.0 Å². The summed E-state index contributed by atoms with van der Waals surface area (Å²) in [6.45, 7) is 9.36. The van der Waals surface area contributed by atoms with Crippen LogP contribution in [0.5, 0.6) is 0 Å². The van der Waals surface area contributed by atoms with Gasteiger partial charge in [0.05, 0.1) is 17.1 Å². The van der Waals surface area contributed by atoms with Crippen molar-refractivity contribution in [3.05, 3.63) is 0 Å². The molecule has 0 aromatic heterocycles. The number of hydrogen-bond donors (Lipinski definition) is 1. The third-order valence-electron chi connectivity index (χ3n) is 3.20. The van der Waals surface area contributed by atoms with Crippen LogP contribution in [0, 0.1) is 22.7 Å². The van der Waals surface area contributed by atoms with Crippen molar-refractivity contribution in [3.8, 4) is 6.07 Å². The fourth-order valence-corrected chi connectivity index (χ4v) is 1.19. The second-order valence-corrected chi connectivity index (χ2v) is 4.10. The van der Waals surface area contributed by atoms with E-state index in [1.54, 1.807) is 6.92 Å². The van der Waals surface area contributed by atoms with Crippen molar-refractivity contribution >= 4 is 0 Å². The number of nitriles is 1. The normalized spacial score (nSPS) is 21.2. The number of hydrogen-bond acceptors (Lipinski definition) is 2. The van der Waals surface area contributed by atoms with Crippen molar-refractivity contribution in [1.29, 1.82) is 5.26 Å². The summed E-state index contributed by atoms with van der Waals surface area (Å²) < 4.78 is 0. The van der Waals surface area contributed by atoms with Gasteiger partial charge in [0.15, 0.2) is 0 Å². The molecule has 2 atom stereocenters. The largest absolute Gasteiger partial charge is 0.388 e. The molecule has 2 nitrogen and oxygen atoms in total. The van der Waals surface area contributed by atoms with Gasteiger partial charge in [-0.25, -0.2) is 0 Å². The summed E-state index contributed by atoms with van der Waals surface area (Å²) in [5.41, 5.74) is -1.54. The number of nitrogens with zero attached hydrogens (tertiary/aromatic N) is 1.